The summed E-state index contributed by atoms with van der Waals surface area (Å²) in [6.45, 7) is 6.89. The smallest absolute Gasteiger partial charge is 0.130 e. The molecule has 1 aliphatic rings. The summed E-state index contributed by atoms with van der Waals surface area (Å²) in [6, 6.07) is 12.9. The van der Waals surface area contributed by atoms with Crippen molar-refractivity contribution in [2.24, 2.45) is 0 Å². The van der Waals surface area contributed by atoms with Crippen molar-refractivity contribution in [3.8, 4) is 28.1 Å². The van der Waals surface area contributed by atoms with E-state index >= 15 is 0 Å². The number of hydrogen-bond acceptors (Lipinski definition) is 5. The maximum Gasteiger partial charge on any atom is 0.130 e. The fraction of sp³-hybridized carbons (Fsp3) is 0.214. The number of fused-ring (bicyclic) bond motifs is 9. The van der Waals surface area contributed by atoms with Crippen LogP contribution in [-0.2, 0) is 13.0 Å². The van der Waals surface area contributed by atoms with E-state index in [1.54, 1.807) is 6.33 Å². The second-order valence-electron chi connectivity index (χ2n) is 9.41. The van der Waals surface area contributed by atoms with E-state index in [2.05, 4.69) is 77.1 Å². The minimum atomic E-state index is 0.342. The number of ether oxygens (including phenoxy) is 1. The Hall–Kier alpha value is -4.26. The van der Waals surface area contributed by atoms with Gasteiger partial charge in [-0.1, -0.05) is 39.0 Å². The molecule has 0 saturated heterocycles. The summed E-state index contributed by atoms with van der Waals surface area (Å²) in [5.41, 5.74) is 8.09. The van der Waals surface area contributed by atoms with Gasteiger partial charge in [0, 0.05) is 34.9 Å². The lowest BCUT2D eigenvalue weighted by Gasteiger charge is -2.18. The molecule has 2 N–H and O–H groups in total. The Balaban J connectivity index is 1.40. The van der Waals surface area contributed by atoms with E-state index in [1.165, 1.54) is 0 Å². The van der Waals surface area contributed by atoms with E-state index in [9.17, 15) is 0 Å². The van der Waals surface area contributed by atoms with Crippen LogP contribution in [0.25, 0.3) is 55.1 Å². The van der Waals surface area contributed by atoms with Crippen molar-refractivity contribution in [2.75, 3.05) is 0 Å². The standard InChI is InChI=1S/C28H24N6O/c1-4-23-32-26-17-7-5-15(9-19(17)20-11-29-13-30-25(20)27(26)33-23)16-6-8-18-22(10-16)35-12-21-24(18)34-28(31-21)14(2)3/h5-11,13-14H,4,12H2,1-3H3,(H,31,34)(H,32,33). The molecule has 1 aliphatic heterocycles. The van der Waals surface area contributed by atoms with Gasteiger partial charge in [0.15, 0.2) is 0 Å². The van der Waals surface area contributed by atoms with Gasteiger partial charge < -0.3 is 14.7 Å². The SMILES string of the molecule is CCc1nc2c3ccc(-c4ccc5c(c4)OCc4[nH]c(C(C)C)nc4-5)cc3c3cncnc3c2[nH]1. The predicted octanol–water partition coefficient (Wildman–Crippen LogP) is 6.29. The number of aryl methyl sites for hydroxylation is 1. The van der Waals surface area contributed by atoms with Crippen molar-refractivity contribution in [3.63, 3.8) is 0 Å². The van der Waals surface area contributed by atoms with Crippen LogP contribution in [0.5, 0.6) is 5.75 Å². The first-order valence-corrected chi connectivity index (χ1v) is 12.0. The van der Waals surface area contributed by atoms with Gasteiger partial charge in [0.25, 0.3) is 0 Å². The molecular weight excluding hydrogens is 436 g/mol. The molecule has 0 amide bonds. The number of imidazole rings is 2. The van der Waals surface area contributed by atoms with E-state index in [0.29, 0.717) is 12.5 Å². The van der Waals surface area contributed by atoms with Crippen molar-refractivity contribution in [3.05, 3.63) is 66.3 Å². The summed E-state index contributed by atoms with van der Waals surface area (Å²) in [5, 5.41) is 3.20. The molecule has 0 aliphatic carbocycles. The molecule has 35 heavy (non-hydrogen) atoms. The van der Waals surface area contributed by atoms with Crippen LogP contribution >= 0.6 is 0 Å². The van der Waals surface area contributed by atoms with Gasteiger partial charge in [-0.2, -0.15) is 0 Å². The molecule has 4 heterocycles. The highest BCUT2D eigenvalue weighted by molar-refractivity contribution is 6.22. The quantitative estimate of drug-likeness (QED) is 0.303. The molecular formula is C28H24N6O. The lowest BCUT2D eigenvalue weighted by Crippen LogP contribution is -2.05. The highest BCUT2D eigenvalue weighted by Crippen LogP contribution is 2.41. The van der Waals surface area contributed by atoms with Gasteiger partial charge in [0.1, 0.15) is 30.3 Å². The molecule has 172 valence electrons. The third-order valence-corrected chi connectivity index (χ3v) is 6.89. The van der Waals surface area contributed by atoms with Crippen LogP contribution in [0.15, 0.2) is 48.9 Å². The lowest BCUT2D eigenvalue weighted by molar-refractivity contribution is 0.298. The van der Waals surface area contributed by atoms with Crippen molar-refractivity contribution >= 4 is 32.7 Å². The van der Waals surface area contributed by atoms with Gasteiger partial charge in [-0.15, -0.1) is 0 Å². The molecule has 0 atom stereocenters. The zero-order chi connectivity index (χ0) is 23.7. The number of nitrogens with one attached hydrogen (secondary N) is 2. The predicted molar refractivity (Wildman–Crippen MR) is 138 cm³/mol. The minimum absolute atomic E-state index is 0.342. The Bertz CT molecular complexity index is 1780. The first-order chi connectivity index (χ1) is 17.1. The summed E-state index contributed by atoms with van der Waals surface area (Å²) in [6.07, 6.45) is 4.33. The van der Waals surface area contributed by atoms with Crippen LogP contribution < -0.4 is 4.74 Å². The molecule has 0 radical (unpaired) electrons. The monoisotopic (exact) mass is 460 g/mol. The molecule has 0 fully saturated rings. The van der Waals surface area contributed by atoms with E-state index in [1.807, 2.05) is 6.20 Å². The van der Waals surface area contributed by atoms with Crippen LogP contribution in [0.2, 0.25) is 0 Å². The van der Waals surface area contributed by atoms with Crippen molar-refractivity contribution in [2.45, 2.75) is 39.7 Å². The van der Waals surface area contributed by atoms with Crippen molar-refractivity contribution in [1.82, 2.24) is 29.9 Å². The molecule has 7 nitrogen and oxygen atoms in total. The first kappa shape index (κ1) is 20.1. The van der Waals surface area contributed by atoms with Crippen LogP contribution in [0.3, 0.4) is 0 Å². The molecule has 7 heteroatoms. The molecule has 0 spiro atoms. The number of hydrogen-bond donors (Lipinski definition) is 2. The van der Waals surface area contributed by atoms with E-state index < -0.39 is 0 Å². The maximum atomic E-state index is 6.13. The summed E-state index contributed by atoms with van der Waals surface area (Å²) in [7, 11) is 0. The van der Waals surface area contributed by atoms with E-state index in [4.69, 9.17) is 14.7 Å². The zero-order valence-electron chi connectivity index (χ0n) is 19.8. The van der Waals surface area contributed by atoms with E-state index in [0.717, 1.165) is 84.6 Å². The third kappa shape index (κ3) is 2.97. The second-order valence-corrected chi connectivity index (χ2v) is 9.41. The largest absolute Gasteiger partial charge is 0.487 e. The molecule has 3 aromatic carbocycles. The van der Waals surface area contributed by atoms with Crippen molar-refractivity contribution in [1.29, 1.82) is 0 Å². The van der Waals surface area contributed by atoms with Crippen molar-refractivity contribution < 1.29 is 4.74 Å². The number of benzene rings is 3. The summed E-state index contributed by atoms with van der Waals surface area (Å²) >= 11 is 0. The third-order valence-electron chi connectivity index (χ3n) is 6.89. The molecule has 7 rings (SSSR count). The highest BCUT2D eigenvalue weighted by atomic mass is 16.5. The van der Waals surface area contributed by atoms with Crippen LogP contribution in [0.1, 0.15) is 44.0 Å². The average Bonchev–Trinajstić information content (AvgIpc) is 3.53. The van der Waals surface area contributed by atoms with Gasteiger partial charge >= 0.3 is 0 Å². The normalized spacial score (nSPS) is 12.9. The Morgan fingerprint density at radius 1 is 0.943 bits per heavy atom. The van der Waals surface area contributed by atoms with Crippen LogP contribution in [0.4, 0.5) is 0 Å². The Morgan fingerprint density at radius 2 is 1.80 bits per heavy atom. The minimum Gasteiger partial charge on any atom is -0.487 e. The first-order valence-electron chi connectivity index (χ1n) is 12.0. The molecule has 0 bridgehead atoms. The molecule has 6 aromatic rings. The van der Waals surface area contributed by atoms with Crippen LogP contribution in [-0.4, -0.2) is 29.9 Å². The van der Waals surface area contributed by atoms with Gasteiger partial charge in [-0.25, -0.2) is 19.9 Å². The number of H-pyrrole nitrogens is 2. The van der Waals surface area contributed by atoms with Gasteiger partial charge in [-0.3, -0.25) is 0 Å². The van der Waals surface area contributed by atoms with E-state index in [-0.39, 0.29) is 0 Å². The second kappa shape index (κ2) is 7.37. The van der Waals surface area contributed by atoms with Gasteiger partial charge in [0.05, 0.1) is 27.9 Å². The average molecular weight is 461 g/mol. The molecule has 0 saturated carbocycles. The number of aromatic nitrogens is 6. The maximum absolute atomic E-state index is 6.13. The van der Waals surface area contributed by atoms with Gasteiger partial charge in [-0.05, 0) is 34.7 Å². The fourth-order valence-electron chi connectivity index (χ4n) is 5.03. The Labute approximate surface area is 201 Å². The Morgan fingerprint density at radius 3 is 2.66 bits per heavy atom. The molecule has 0 unspecified atom stereocenters. The zero-order valence-corrected chi connectivity index (χ0v) is 19.8. The number of aromatic amines is 2. The van der Waals surface area contributed by atoms with Crippen LogP contribution in [0, 0.1) is 0 Å². The topological polar surface area (TPSA) is 92.4 Å². The summed E-state index contributed by atoms with van der Waals surface area (Å²) in [5.74, 6) is 3.16. The highest BCUT2D eigenvalue weighted by Gasteiger charge is 2.23. The Kier molecular flexibility index (Phi) is 4.24. The summed E-state index contributed by atoms with van der Waals surface area (Å²) in [4.78, 5) is 25.5. The number of nitrogens with zero attached hydrogens (tertiary/aromatic N) is 4. The van der Waals surface area contributed by atoms with Gasteiger partial charge in [0.2, 0.25) is 0 Å². The number of rotatable bonds is 3. The summed E-state index contributed by atoms with van der Waals surface area (Å²) < 4.78 is 6.13. The molecule has 3 aromatic heterocycles. The fourth-order valence-corrected chi connectivity index (χ4v) is 5.03. The lowest BCUT2D eigenvalue weighted by atomic mass is 9.96.